The van der Waals surface area contributed by atoms with Gasteiger partial charge in [-0.2, -0.15) is 0 Å². The second-order valence-electron chi connectivity index (χ2n) is 4.17. The summed E-state index contributed by atoms with van der Waals surface area (Å²) in [6.45, 7) is 4.18. The summed E-state index contributed by atoms with van der Waals surface area (Å²) >= 11 is 11.8. The molecule has 1 aromatic rings. The van der Waals surface area contributed by atoms with Gasteiger partial charge < -0.3 is 5.11 Å². The topological polar surface area (TPSA) is 40.5 Å². The van der Waals surface area contributed by atoms with Gasteiger partial charge in [-0.15, -0.1) is 0 Å². The Balaban J connectivity index is 2.63. The minimum absolute atomic E-state index is 0.154. The van der Waals surface area contributed by atoms with Gasteiger partial charge in [0.15, 0.2) is 0 Å². The number of hydrogen-bond donors (Lipinski definition) is 1. The molecule has 100 valence electrons. The lowest BCUT2D eigenvalue weighted by atomic mass is 10.2. The van der Waals surface area contributed by atoms with E-state index in [9.17, 15) is 4.79 Å². The molecule has 0 aliphatic carbocycles. The van der Waals surface area contributed by atoms with Crippen LogP contribution in [0.2, 0.25) is 10.0 Å². The molecule has 1 rings (SSSR count). The molecule has 0 aliphatic heterocycles. The molecule has 5 heteroatoms. The van der Waals surface area contributed by atoms with Gasteiger partial charge in [0.25, 0.3) is 0 Å². The molecule has 0 fully saturated rings. The van der Waals surface area contributed by atoms with Gasteiger partial charge in [0, 0.05) is 13.1 Å². The number of benzene rings is 1. The van der Waals surface area contributed by atoms with Crippen LogP contribution < -0.4 is 0 Å². The van der Waals surface area contributed by atoms with Crippen molar-refractivity contribution in [3.05, 3.63) is 33.8 Å². The average Bonchev–Trinajstić information content (AvgIpc) is 2.31. The molecule has 0 atom stereocenters. The Labute approximate surface area is 117 Å². The highest BCUT2D eigenvalue weighted by Crippen LogP contribution is 2.23. The molecule has 0 radical (unpaired) electrons. The van der Waals surface area contributed by atoms with Crippen molar-refractivity contribution < 1.29 is 9.90 Å². The van der Waals surface area contributed by atoms with Crippen molar-refractivity contribution in [3.8, 4) is 0 Å². The first kappa shape index (κ1) is 15.3. The van der Waals surface area contributed by atoms with Crippen LogP contribution in [0.4, 0.5) is 0 Å². The molecular weight excluding hydrogens is 273 g/mol. The Hall–Kier alpha value is -0.770. The summed E-state index contributed by atoms with van der Waals surface area (Å²) in [4.78, 5) is 12.7. The van der Waals surface area contributed by atoms with Crippen molar-refractivity contribution in [1.82, 2.24) is 4.90 Å². The van der Waals surface area contributed by atoms with Crippen LogP contribution in [0.5, 0.6) is 0 Å². The first-order chi connectivity index (χ1) is 8.52. The quantitative estimate of drug-likeness (QED) is 0.832. The van der Waals surface area contributed by atoms with Crippen LogP contribution in [0.1, 0.15) is 25.3 Å². The fourth-order valence-electron chi connectivity index (χ4n) is 1.74. The summed E-state index contributed by atoms with van der Waals surface area (Å²) in [5, 5.41) is 9.78. The highest BCUT2D eigenvalue weighted by atomic mass is 35.5. The van der Waals surface area contributed by atoms with Gasteiger partial charge in [-0.3, -0.25) is 9.69 Å². The number of carboxylic acids is 1. The van der Waals surface area contributed by atoms with E-state index in [4.69, 9.17) is 28.3 Å². The van der Waals surface area contributed by atoms with Gasteiger partial charge in [0.2, 0.25) is 0 Å². The van der Waals surface area contributed by atoms with E-state index in [0.717, 1.165) is 18.5 Å². The molecule has 18 heavy (non-hydrogen) atoms. The van der Waals surface area contributed by atoms with Gasteiger partial charge in [-0.05, 0) is 30.7 Å². The van der Waals surface area contributed by atoms with Crippen LogP contribution in [-0.2, 0) is 11.3 Å². The number of carboxylic acid groups (broad SMARTS) is 1. The van der Waals surface area contributed by atoms with Crippen molar-refractivity contribution in [1.29, 1.82) is 0 Å². The fraction of sp³-hybridized carbons (Fsp3) is 0.462. The smallest absolute Gasteiger partial charge is 0.304 e. The number of nitrogens with zero attached hydrogens (tertiary/aromatic N) is 1. The maximum Gasteiger partial charge on any atom is 0.304 e. The Kier molecular flexibility index (Phi) is 6.47. The molecule has 1 N–H and O–H groups in total. The largest absolute Gasteiger partial charge is 0.481 e. The van der Waals surface area contributed by atoms with Crippen molar-refractivity contribution in [3.63, 3.8) is 0 Å². The molecule has 0 aliphatic rings. The number of halogens is 2. The monoisotopic (exact) mass is 289 g/mol. The normalized spacial score (nSPS) is 10.9. The molecule has 1 aromatic carbocycles. The van der Waals surface area contributed by atoms with Crippen molar-refractivity contribution in [2.24, 2.45) is 0 Å². The van der Waals surface area contributed by atoms with Gasteiger partial charge in [0.05, 0.1) is 16.5 Å². The maximum absolute atomic E-state index is 10.6. The van der Waals surface area contributed by atoms with E-state index in [1.807, 2.05) is 12.1 Å². The second-order valence-corrected chi connectivity index (χ2v) is 4.98. The van der Waals surface area contributed by atoms with Crippen LogP contribution in [-0.4, -0.2) is 29.1 Å². The van der Waals surface area contributed by atoms with Gasteiger partial charge in [0.1, 0.15) is 0 Å². The maximum atomic E-state index is 10.6. The van der Waals surface area contributed by atoms with E-state index in [1.54, 1.807) is 6.07 Å². The lowest BCUT2D eigenvalue weighted by Crippen LogP contribution is -2.26. The minimum Gasteiger partial charge on any atom is -0.481 e. The summed E-state index contributed by atoms with van der Waals surface area (Å²) in [5.41, 5.74) is 1.04. The lowest BCUT2D eigenvalue weighted by Gasteiger charge is -2.21. The Morgan fingerprint density at radius 3 is 2.56 bits per heavy atom. The molecule has 0 saturated carbocycles. The molecule has 3 nitrogen and oxygen atoms in total. The third-order valence-electron chi connectivity index (χ3n) is 2.57. The first-order valence-electron chi connectivity index (χ1n) is 5.91. The van der Waals surface area contributed by atoms with E-state index < -0.39 is 5.97 Å². The summed E-state index contributed by atoms with van der Waals surface area (Å²) in [6.07, 6.45) is 1.14. The molecule has 0 aromatic heterocycles. The zero-order valence-electron chi connectivity index (χ0n) is 10.3. The fourth-order valence-corrected chi connectivity index (χ4v) is 2.06. The number of hydrogen-bond acceptors (Lipinski definition) is 2. The lowest BCUT2D eigenvalue weighted by molar-refractivity contribution is -0.137. The predicted octanol–water partition coefficient (Wildman–Crippen LogP) is 3.68. The highest BCUT2D eigenvalue weighted by Gasteiger charge is 2.08. The van der Waals surface area contributed by atoms with Crippen molar-refractivity contribution in [2.45, 2.75) is 26.3 Å². The first-order valence-corrected chi connectivity index (χ1v) is 6.66. The van der Waals surface area contributed by atoms with Gasteiger partial charge in [-0.25, -0.2) is 0 Å². The number of aliphatic carboxylic acids is 1. The van der Waals surface area contributed by atoms with Crippen LogP contribution in [0, 0.1) is 0 Å². The summed E-state index contributed by atoms with van der Waals surface area (Å²) in [6, 6.07) is 5.51. The highest BCUT2D eigenvalue weighted by molar-refractivity contribution is 6.42. The number of carbonyl (C=O) groups is 1. The average molecular weight is 290 g/mol. The van der Waals surface area contributed by atoms with E-state index in [1.165, 1.54) is 0 Å². The summed E-state index contributed by atoms with van der Waals surface area (Å²) in [5.74, 6) is -0.773. The molecule has 0 spiro atoms. The second kappa shape index (κ2) is 7.62. The third-order valence-corrected chi connectivity index (χ3v) is 3.31. The van der Waals surface area contributed by atoms with Gasteiger partial charge >= 0.3 is 5.97 Å². The van der Waals surface area contributed by atoms with Crippen molar-refractivity contribution in [2.75, 3.05) is 13.1 Å². The van der Waals surface area contributed by atoms with E-state index >= 15 is 0 Å². The van der Waals surface area contributed by atoms with E-state index in [2.05, 4.69) is 11.8 Å². The third kappa shape index (κ3) is 5.25. The molecule has 0 heterocycles. The van der Waals surface area contributed by atoms with Crippen molar-refractivity contribution >= 4 is 29.2 Å². The summed E-state index contributed by atoms with van der Waals surface area (Å²) < 4.78 is 0. The predicted molar refractivity (Wildman–Crippen MR) is 74.3 cm³/mol. The Bertz CT molecular complexity index is 410. The van der Waals surface area contributed by atoms with Crippen LogP contribution >= 0.6 is 23.2 Å². The summed E-state index contributed by atoms with van der Waals surface area (Å²) in [7, 11) is 0. The number of rotatable bonds is 7. The Morgan fingerprint density at radius 1 is 1.28 bits per heavy atom. The molecule has 0 unspecified atom stereocenters. The molecule has 0 amide bonds. The zero-order valence-corrected chi connectivity index (χ0v) is 11.8. The van der Waals surface area contributed by atoms with Crippen LogP contribution in [0.25, 0.3) is 0 Å². The van der Waals surface area contributed by atoms with E-state index in [-0.39, 0.29) is 6.42 Å². The van der Waals surface area contributed by atoms with Crippen LogP contribution in [0.15, 0.2) is 18.2 Å². The standard InChI is InChI=1S/C13H17Cl2NO2/c1-2-6-16(7-5-13(17)18)9-10-3-4-11(14)12(15)8-10/h3-4,8H,2,5-7,9H2,1H3,(H,17,18). The molecule has 0 saturated heterocycles. The van der Waals surface area contributed by atoms with Crippen LogP contribution in [0.3, 0.4) is 0 Å². The molecular formula is C13H17Cl2NO2. The Morgan fingerprint density at radius 2 is 2.00 bits per heavy atom. The SMILES string of the molecule is CCCN(CCC(=O)O)Cc1ccc(Cl)c(Cl)c1. The minimum atomic E-state index is -0.773. The van der Waals surface area contributed by atoms with Gasteiger partial charge in [-0.1, -0.05) is 36.2 Å². The zero-order chi connectivity index (χ0) is 13.5. The molecule has 0 bridgehead atoms. The van der Waals surface area contributed by atoms with E-state index in [0.29, 0.717) is 23.1 Å².